The van der Waals surface area contributed by atoms with E-state index in [9.17, 15) is 15.0 Å². The van der Waals surface area contributed by atoms with Crippen molar-refractivity contribution in [2.24, 2.45) is 5.92 Å². The molecule has 3 N–H and O–H groups in total. The van der Waals surface area contributed by atoms with Crippen LogP contribution in [0.3, 0.4) is 0 Å². The quantitative estimate of drug-likeness (QED) is 0.779. The third-order valence-electron chi connectivity index (χ3n) is 3.71. The topological polar surface area (TPSA) is 78.8 Å². The maximum absolute atomic E-state index is 11.8. The van der Waals surface area contributed by atoms with Crippen molar-refractivity contribution >= 4 is 6.09 Å². The summed E-state index contributed by atoms with van der Waals surface area (Å²) >= 11 is 0. The molecule has 5 nitrogen and oxygen atoms in total. The van der Waals surface area contributed by atoms with Gasteiger partial charge >= 0.3 is 6.09 Å². The summed E-state index contributed by atoms with van der Waals surface area (Å²) in [4.78, 5) is 11.8. The van der Waals surface area contributed by atoms with Gasteiger partial charge in [0.05, 0.1) is 6.10 Å². The summed E-state index contributed by atoms with van der Waals surface area (Å²) in [5.74, 6) is -0.108. The number of hydrogen-bond donors (Lipinski definition) is 3. The molecular formula is C15H21NO4. The first-order chi connectivity index (χ1) is 9.69. The summed E-state index contributed by atoms with van der Waals surface area (Å²) in [6, 6.07) is 9.33. The molecule has 2 rings (SSSR count). The Balaban J connectivity index is 1.79. The van der Waals surface area contributed by atoms with Crippen molar-refractivity contribution in [3.63, 3.8) is 0 Å². The van der Waals surface area contributed by atoms with E-state index in [2.05, 4.69) is 5.32 Å². The van der Waals surface area contributed by atoms with Gasteiger partial charge in [0.2, 0.25) is 0 Å². The van der Waals surface area contributed by atoms with Gasteiger partial charge in [-0.15, -0.1) is 0 Å². The average molecular weight is 279 g/mol. The second-order valence-electron chi connectivity index (χ2n) is 5.22. The van der Waals surface area contributed by atoms with Crippen molar-refractivity contribution in [3.8, 4) is 0 Å². The van der Waals surface area contributed by atoms with Crippen LogP contribution in [0.2, 0.25) is 0 Å². The van der Waals surface area contributed by atoms with Gasteiger partial charge in [0.1, 0.15) is 6.61 Å². The van der Waals surface area contributed by atoms with Gasteiger partial charge in [0.15, 0.2) is 0 Å². The highest BCUT2D eigenvalue weighted by atomic mass is 16.5. The van der Waals surface area contributed by atoms with Crippen molar-refractivity contribution in [2.45, 2.75) is 38.0 Å². The van der Waals surface area contributed by atoms with Crippen LogP contribution in [0.15, 0.2) is 30.3 Å². The van der Waals surface area contributed by atoms with Crippen LogP contribution in [-0.4, -0.2) is 35.1 Å². The maximum Gasteiger partial charge on any atom is 0.407 e. The fourth-order valence-electron chi connectivity index (χ4n) is 2.55. The molecule has 1 fully saturated rings. The van der Waals surface area contributed by atoms with Gasteiger partial charge in [-0.1, -0.05) is 30.3 Å². The van der Waals surface area contributed by atoms with Crippen molar-refractivity contribution in [3.05, 3.63) is 35.9 Å². The lowest BCUT2D eigenvalue weighted by Gasteiger charge is -2.33. The van der Waals surface area contributed by atoms with Crippen LogP contribution in [0.1, 0.15) is 24.8 Å². The largest absolute Gasteiger partial charge is 0.445 e. The van der Waals surface area contributed by atoms with Crippen LogP contribution in [0, 0.1) is 5.92 Å². The Morgan fingerprint density at radius 1 is 1.30 bits per heavy atom. The van der Waals surface area contributed by atoms with Crippen molar-refractivity contribution in [2.75, 3.05) is 6.61 Å². The van der Waals surface area contributed by atoms with Crippen molar-refractivity contribution in [1.29, 1.82) is 0 Å². The van der Waals surface area contributed by atoms with E-state index < -0.39 is 6.09 Å². The number of hydrogen-bond acceptors (Lipinski definition) is 4. The van der Waals surface area contributed by atoms with Crippen LogP contribution >= 0.6 is 0 Å². The zero-order valence-corrected chi connectivity index (χ0v) is 11.4. The number of alkyl carbamates (subject to hydrolysis) is 1. The number of aliphatic hydroxyl groups excluding tert-OH is 2. The first-order valence-electron chi connectivity index (χ1n) is 6.95. The van der Waals surface area contributed by atoms with E-state index in [0.29, 0.717) is 19.3 Å². The Morgan fingerprint density at radius 3 is 2.75 bits per heavy atom. The Kier molecular flexibility index (Phi) is 5.38. The molecule has 20 heavy (non-hydrogen) atoms. The average Bonchev–Trinajstić information content (AvgIpc) is 2.48. The molecule has 3 unspecified atom stereocenters. The minimum atomic E-state index is -0.478. The zero-order chi connectivity index (χ0) is 14.4. The van der Waals surface area contributed by atoms with Gasteiger partial charge in [0.25, 0.3) is 0 Å². The summed E-state index contributed by atoms with van der Waals surface area (Å²) < 4.78 is 5.16. The molecule has 1 aromatic rings. The van der Waals surface area contributed by atoms with E-state index in [1.165, 1.54) is 0 Å². The Bertz CT molecular complexity index is 423. The molecule has 1 aromatic carbocycles. The molecule has 1 saturated carbocycles. The van der Waals surface area contributed by atoms with Gasteiger partial charge < -0.3 is 20.3 Å². The molecule has 5 heteroatoms. The molecule has 1 aliphatic rings. The molecular weight excluding hydrogens is 258 g/mol. The fraction of sp³-hybridized carbons (Fsp3) is 0.533. The van der Waals surface area contributed by atoms with Gasteiger partial charge in [0, 0.05) is 18.6 Å². The van der Waals surface area contributed by atoms with Crippen molar-refractivity contribution < 1.29 is 19.7 Å². The van der Waals surface area contributed by atoms with Gasteiger partial charge in [-0.2, -0.15) is 0 Å². The smallest absolute Gasteiger partial charge is 0.407 e. The summed E-state index contributed by atoms with van der Waals surface area (Å²) in [6.45, 7) is 0.187. The Hall–Kier alpha value is -1.59. The van der Waals surface area contributed by atoms with Gasteiger partial charge in [-0.05, 0) is 24.8 Å². The van der Waals surface area contributed by atoms with Crippen LogP contribution in [0.5, 0.6) is 0 Å². The predicted octanol–water partition coefficient (Wildman–Crippen LogP) is 1.43. The predicted molar refractivity (Wildman–Crippen MR) is 74.0 cm³/mol. The van der Waals surface area contributed by atoms with Crippen LogP contribution < -0.4 is 5.32 Å². The lowest BCUT2D eigenvalue weighted by Crippen LogP contribution is -2.46. The van der Waals surface area contributed by atoms with E-state index in [0.717, 1.165) is 5.56 Å². The lowest BCUT2D eigenvalue weighted by molar-refractivity contribution is 0.0507. The Morgan fingerprint density at radius 2 is 2.05 bits per heavy atom. The number of benzene rings is 1. The van der Waals surface area contributed by atoms with E-state index in [1.54, 1.807) is 0 Å². The second kappa shape index (κ2) is 7.26. The zero-order valence-electron chi connectivity index (χ0n) is 11.4. The van der Waals surface area contributed by atoms with E-state index in [-0.39, 0.29) is 31.3 Å². The number of nitrogens with one attached hydrogen (secondary N) is 1. The van der Waals surface area contributed by atoms with Crippen molar-refractivity contribution in [1.82, 2.24) is 5.32 Å². The van der Waals surface area contributed by atoms with E-state index >= 15 is 0 Å². The van der Waals surface area contributed by atoms with Gasteiger partial charge in [-0.25, -0.2) is 4.79 Å². The first kappa shape index (κ1) is 14.8. The fourth-order valence-corrected chi connectivity index (χ4v) is 2.55. The molecule has 0 aromatic heterocycles. The summed E-state index contributed by atoms with van der Waals surface area (Å²) in [7, 11) is 0. The van der Waals surface area contributed by atoms with Crippen LogP contribution in [0.25, 0.3) is 0 Å². The summed E-state index contributed by atoms with van der Waals surface area (Å²) in [5.41, 5.74) is 0.931. The molecule has 110 valence electrons. The van der Waals surface area contributed by atoms with Crippen LogP contribution in [0.4, 0.5) is 4.79 Å². The first-order valence-corrected chi connectivity index (χ1v) is 6.95. The van der Waals surface area contributed by atoms with E-state index in [1.807, 2.05) is 30.3 Å². The molecule has 0 radical (unpaired) electrons. The minimum absolute atomic E-state index is 0.0410. The SMILES string of the molecule is O=C(NC1CCC(O)CC1CO)OCc1ccccc1. The number of carbonyl (C=O) groups excluding carboxylic acids is 1. The monoisotopic (exact) mass is 279 g/mol. The molecule has 1 aliphatic carbocycles. The molecule has 3 atom stereocenters. The third kappa shape index (κ3) is 4.21. The molecule has 0 heterocycles. The Labute approximate surface area is 118 Å². The number of rotatable bonds is 4. The standard InChI is InChI=1S/C15H21NO4/c17-9-12-8-13(18)6-7-14(12)16-15(19)20-10-11-4-2-1-3-5-11/h1-5,12-14,17-18H,6-10H2,(H,16,19). The summed E-state index contributed by atoms with van der Waals surface area (Å²) in [5, 5.41) is 21.6. The lowest BCUT2D eigenvalue weighted by atomic mass is 9.83. The second-order valence-corrected chi connectivity index (χ2v) is 5.22. The third-order valence-corrected chi connectivity index (χ3v) is 3.71. The highest BCUT2D eigenvalue weighted by Crippen LogP contribution is 2.24. The van der Waals surface area contributed by atoms with E-state index in [4.69, 9.17) is 4.74 Å². The highest BCUT2D eigenvalue weighted by Gasteiger charge is 2.30. The van der Waals surface area contributed by atoms with Crippen LogP contribution in [-0.2, 0) is 11.3 Å². The molecule has 0 bridgehead atoms. The maximum atomic E-state index is 11.8. The number of carbonyl (C=O) groups is 1. The summed E-state index contributed by atoms with van der Waals surface area (Å²) in [6.07, 6.45) is 0.951. The molecule has 0 saturated heterocycles. The molecule has 0 spiro atoms. The molecule has 1 amide bonds. The van der Waals surface area contributed by atoms with Gasteiger partial charge in [-0.3, -0.25) is 0 Å². The normalized spacial score (nSPS) is 26.0. The highest BCUT2D eigenvalue weighted by molar-refractivity contribution is 5.67. The molecule has 0 aliphatic heterocycles. The number of aliphatic hydroxyl groups is 2. The minimum Gasteiger partial charge on any atom is -0.445 e. The number of ether oxygens (including phenoxy) is 1. The number of amides is 1.